The number of benzene rings is 2. The molecule has 0 atom stereocenters. The molecule has 0 aromatic heterocycles. The Hall–Kier alpha value is -2.22. The van der Waals surface area contributed by atoms with E-state index in [1.807, 2.05) is 6.07 Å². The van der Waals surface area contributed by atoms with Gasteiger partial charge < -0.3 is 9.47 Å². The normalized spacial score (nSPS) is 11.2. The molecule has 0 heterocycles. The van der Waals surface area contributed by atoms with E-state index in [1.54, 1.807) is 42.5 Å². The standard InChI is InChI=1S/C17H18O6S/c18-17(15-7-3-1-4-8-15)22-13-11-21-12-14-23-24(19,20)16-9-5-2-6-10-16/h1-10H,11-14H2. The van der Waals surface area contributed by atoms with E-state index in [0.717, 1.165) is 0 Å². The zero-order valence-corrected chi connectivity index (χ0v) is 13.8. The number of rotatable bonds is 9. The highest BCUT2D eigenvalue weighted by Gasteiger charge is 2.13. The second kappa shape index (κ2) is 9.17. The van der Waals surface area contributed by atoms with Crippen LogP contribution in [0.25, 0.3) is 0 Å². The van der Waals surface area contributed by atoms with Crippen molar-refractivity contribution in [2.45, 2.75) is 4.90 Å². The third kappa shape index (κ3) is 5.77. The first-order chi connectivity index (χ1) is 11.6. The Labute approximate surface area is 141 Å². The molecule has 0 spiro atoms. The second-order valence-corrected chi connectivity index (χ2v) is 6.32. The lowest BCUT2D eigenvalue weighted by Gasteiger charge is -2.07. The van der Waals surface area contributed by atoms with Gasteiger partial charge in [-0.25, -0.2) is 4.79 Å². The maximum atomic E-state index is 11.8. The molecule has 0 aliphatic heterocycles. The monoisotopic (exact) mass is 350 g/mol. The maximum absolute atomic E-state index is 11.8. The molecule has 0 unspecified atom stereocenters. The number of carbonyl (C=O) groups excluding carboxylic acids is 1. The number of hydrogen-bond donors (Lipinski definition) is 0. The Kier molecular flexibility index (Phi) is 6.92. The van der Waals surface area contributed by atoms with Gasteiger partial charge in [0.2, 0.25) is 0 Å². The molecule has 0 radical (unpaired) electrons. The summed E-state index contributed by atoms with van der Waals surface area (Å²) in [6, 6.07) is 16.5. The predicted molar refractivity (Wildman–Crippen MR) is 87.1 cm³/mol. The molecule has 128 valence electrons. The van der Waals surface area contributed by atoms with Crippen LogP contribution in [0.1, 0.15) is 10.4 Å². The minimum absolute atomic E-state index is 0.0783. The smallest absolute Gasteiger partial charge is 0.338 e. The SMILES string of the molecule is O=C(OCCOCCOS(=O)(=O)c1ccccc1)c1ccccc1. The van der Waals surface area contributed by atoms with E-state index in [1.165, 1.54) is 12.1 Å². The molecule has 7 heteroatoms. The summed E-state index contributed by atoms with van der Waals surface area (Å²) in [6.07, 6.45) is 0. The van der Waals surface area contributed by atoms with Gasteiger partial charge in [0.1, 0.15) is 6.61 Å². The second-order valence-electron chi connectivity index (χ2n) is 4.70. The summed E-state index contributed by atoms with van der Waals surface area (Å²) in [5, 5.41) is 0. The largest absolute Gasteiger partial charge is 0.460 e. The van der Waals surface area contributed by atoms with Crippen LogP contribution in [0, 0.1) is 0 Å². The number of hydrogen-bond acceptors (Lipinski definition) is 6. The van der Waals surface area contributed by atoms with E-state index in [-0.39, 0.29) is 31.3 Å². The van der Waals surface area contributed by atoms with Crippen molar-refractivity contribution in [2.24, 2.45) is 0 Å². The van der Waals surface area contributed by atoms with E-state index in [2.05, 4.69) is 0 Å². The van der Waals surface area contributed by atoms with Gasteiger partial charge in [0.25, 0.3) is 10.1 Å². The highest BCUT2D eigenvalue weighted by Crippen LogP contribution is 2.10. The Morgan fingerprint density at radius 1 is 0.792 bits per heavy atom. The van der Waals surface area contributed by atoms with Crippen LogP contribution in [0.15, 0.2) is 65.6 Å². The molecule has 2 aromatic carbocycles. The zero-order valence-electron chi connectivity index (χ0n) is 13.0. The molecular formula is C17H18O6S. The van der Waals surface area contributed by atoms with Gasteiger partial charge in [0, 0.05) is 0 Å². The van der Waals surface area contributed by atoms with Crippen LogP contribution in [0.4, 0.5) is 0 Å². The Morgan fingerprint density at radius 2 is 1.38 bits per heavy atom. The van der Waals surface area contributed by atoms with Crippen molar-refractivity contribution < 1.29 is 26.9 Å². The first-order valence-electron chi connectivity index (χ1n) is 7.34. The first-order valence-corrected chi connectivity index (χ1v) is 8.75. The van der Waals surface area contributed by atoms with Gasteiger partial charge in [0.05, 0.1) is 30.3 Å². The fourth-order valence-corrected chi connectivity index (χ4v) is 2.72. The molecule has 6 nitrogen and oxygen atoms in total. The van der Waals surface area contributed by atoms with Crippen molar-refractivity contribution in [1.82, 2.24) is 0 Å². The number of esters is 1. The van der Waals surface area contributed by atoms with Gasteiger partial charge in [-0.1, -0.05) is 36.4 Å². The first kappa shape index (κ1) is 18.1. The predicted octanol–water partition coefficient (Wildman–Crippen LogP) is 2.27. The molecule has 0 saturated heterocycles. The highest BCUT2D eigenvalue weighted by atomic mass is 32.2. The van der Waals surface area contributed by atoms with Crippen molar-refractivity contribution in [3.8, 4) is 0 Å². The lowest BCUT2D eigenvalue weighted by Crippen LogP contribution is -2.15. The van der Waals surface area contributed by atoms with Gasteiger partial charge in [-0.05, 0) is 24.3 Å². The minimum Gasteiger partial charge on any atom is -0.460 e. The maximum Gasteiger partial charge on any atom is 0.338 e. The highest BCUT2D eigenvalue weighted by molar-refractivity contribution is 7.86. The topological polar surface area (TPSA) is 78.9 Å². The molecule has 0 bridgehead atoms. The third-order valence-electron chi connectivity index (χ3n) is 2.97. The average Bonchev–Trinajstić information content (AvgIpc) is 2.62. The Morgan fingerprint density at radius 3 is 2.04 bits per heavy atom. The molecule has 0 N–H and O–H groups in total. The summed E-state index contributed by atoms with van der Waals surface area (Å²) in [6.45, 7) is 0.214. The fourth-order valence-electron chi connectivity index (χ4n) is 1.81. The van der Waals surface area contributed by atoms with Crippen molar-refractivity contribution >= 4 is 16.1 Å². The fraction of sp³-hybridized carbons (Fsp3) is 0.235. The number of ether oxygens (including phenoxy) is 2. The van der Waals surface area contributed by atoms with Crippen LogP contribution in [-0.2, 0) is 23.8 Å². The molecule has 0 aliphatic carbocycles. The molecule has 2 aromatic rings. The van der Waals surface area contributed by atoms with E-state index in [9.17, 15) is 13.2 Å². The lowest BCUT2D eigenvalue weighted by atomic mass is 10.2. The third-order valence-corrected chi connectivity index (χ3v) is 4.29. The quantitative estimate of drug-likeness (QED) is 0.392. The van der Waals surface area contributed by atoms with Crippen molar-refractivity contribution in [2.75, 3.05) is 26.4 Å². The lowest BCUT2D eigenvalue weighted by molar-refractivity contribution is 0.0277. The minimum atomic E-state index is -3.77. The zero-order chi connectivity index (χ0) is 17.3. The van der Waals surface area contributed by atoms with E-state index >= 15 is 0 Å². The average molecular weight is 350 g/mol. The van der Waals surface area contributed by atoms with Gasteiger partial charge in [-0.2, -0.15) is 8.42 Å². The van der Waals surface area contributed by atoms with Gasteiger partial charge in [-0.15, -0.1) is 0 Å². The summed E-state index contributed by atoms with van der Waals surface area (Å²) < 4.78 is 38.7. The molecule has 0 aliphatic rings. The van der Waals surface area contributed by atoms with Crippen molar-refractivity contribution in [1.29, 1.82) is 0 Å². The van der Waals surface area contributed by atoms with Crippen LogP contribution >= 0.6 is 0 Å². The van der Waals surface area contributed by atoms with Crippen LogP contribution in [0.3, 0.4) is 0 Å². The van der Waals surface area contributed by atoms with Crippen LogP contribution in [0.2, 0.25) is 0 Å². The molecule has 0 fully saturated rings. The van der Waals surface area contributed by atoms with E-state index in [4.69, 9.17) is 13.7 Å². The molecular weight excluding hydrogens is 332 g/mol. The summed E-state index contributed by atoms with van der Waals surface area (Å²) >= 11 is 0. The van der Waals surface area contributed by atoms with Gasteiger partial charge in [-0.3, -0.25) is 4.18 Å². The molecule has 0 saturated carbocycles. The summed E-state index contributed by atoms with van der Waals surface area (Å²) in [5.74, 6) is -0.429. The Balaban J connectivity index is 1.60. The summed E-state index contributed by atoms with van der Waals surface area (Å²) in [4.78, 5) is 11.7. The van der Waals surface area contributed by atoms with Crippen molar-refractivity contribution in [3.05, 3.63) is 66.2 Å². The number of carbonyl (C=O) groups is 1. The molecule has 2 rings (SSSR count). The summed E-state index contributed by atoms with van der Waals surface area (Å²) in [5.41, 5.74) is 0.467. The summed E-state index contributed by atoms with van der Waals surface area (Å²) in [7, 11) is -3.77. The van der Waals surface area contributed by atoms with Crippen LogP contribution < -0.4 is 0 Å². The van der Waals surface area contributed by atoms with E-state index in [0.29, 0.717) is 5.56 Å². The van der Waals surface area contributed by atoms with Gasteiger partial charge >= 0.3 is 5.97 Å². The Bertz CT molecular complexity index is 728. The van der Waals surface area contributed by atoms with Gasteiger partial charge in [0.15, 0.2) is 0 Å². The molecule has 24 heavy (non-hydrogen) atoms. The van der Waals surface area contributed by atoms with E-state index < -0.39 is 16.1 Å². The molecule has 0 amide bonds. The van der Waals surface area contributed by atoms with Crippen LogP contribution in [0.5, 0.6) is 0 Å². The van der Waals surface area contributed by atoms with Crippen LogP contribution in [-0.4, -0.2) is 40.8 Å². The van der Waals surface area contributed by atoms with Crippen molar-refractivity contribution in [3.63, 3.8) is 0 Å².